The zero-order valence-corrected chi connectivity index (χ0v) is 9.86. The number of rotatable bonds is 5. The highest BCUT2D eigenvalue weighted by atomic mass is 16.5. The van der Waals surface area contributed by atoms with Crippen LogP contribution in [0.1, 0.15) is 37.5 Å². The van der Waals surface area contributed by atoms with Gasteiger partial charge in [-0.1, -0.05) is 36.8 Å². The topological polar surface area (TPSA) is 35.2 Å². The van der Waals surface area contributed by atoms with Crippen LogP contribution >= 0.6 is 0 Å². The molecule has 0 saturated heterocycles. The Morgan fingerprint density at radius 2 is 2.13 bits per heavy atom. The highest BCUT2D eigenvalue weighted by Crippen LogP contribution is 2.19. The molecule has 2 N–H and O–H groups in total. The molecule has 0 heterocycles. The zero-order chi connectivity index (χ0) is 11.3. The van der Waals surface area contributed by atoms with E-state index in [-0.39, 0.29) is 12.2 Å². The summed E-state index contributed by atoms with van der Waals surface area (Å²) in [6, 6.07) is 8.35. The van der Waals surface area contributed by atoms with Crippen molar-refractivity contribution in [1.82, 2.24) is 0 Å². The summed E-state index contributed by atoms with van der Waals surface area (Å²) in [5.41, 5.74) is 8.16. The lowest BCUT2D eigenvalue weighted by atomic mass is 10.1. The summed E-state index contributed by atoms with van der Waals surface area (Å²) in [6.45, 7) is 6.82. The number of benzene rings is 1. The summed E-state index contributed by atoms with van der Waals surface area (Å²) >= 11 is 0. The van der Waals surface area contributed by atoms with Crippen molar-refractivity contribution in [1.29, 1.82) is 0 Å². The highest BCUT2D eigenvalue weighted by Gasteiger charge is 2.12. The van der Waals surface area contributed by atoms with Crippen LogP contribution < -0.4 is 5.73 Å². The molecule has 2 unspecified atom stereocenters. The highest BCUT2D eigenvalue weighted by molar-refractivity contribution is 5.24. The van der Waals surface area contributed by atoms with Crippen molar-refractivity contribution in [3.8, 4) is 0 Å². The molecule has 0 fully saturated rings. The third-order valence-corrected chi connectivity index (χ3v) is 2.60. The van der Waals surface area contributed by atoms with Crippen molar-refractivity contribution in [3.05, 3.63) is 35.4 Å². The van der Waals surface area contributed by atoms with Crippen LogP contribution in [-0.2, 0) is 4.74 Å². The first-order chi connectivity index (χ1) is 7.17. The van der Waals surface area contributed by atoms with Crippen LogP contribution in [0.25, 0.3) is 0 Å². The molecule has 84 valence electrons. The fourth-order valence-corrected chi connectivity index (χ4v) is 1.52. The largest absolute Gasteiger partial charge is 0.369 e. The quantitative estimate of drug-likeness (QED) is 0.805. The van der Waals surface area contributed by atoms with Gasteiger partial charge in [0.2, 0.25) is 0 Å². The molecule has 15 heavy (non-hydrogen) atoms. The SMILES string of the molecule is CCC(C)OC(CN)c1cccc(C)c1. The molecule has 1 aromatic carbocycles. The van der Waals surface area contributed by atoms with Gasteiger partial charge in [-0.05, 0) is 25.8 Å². The van der Waals surface area contributed by atoms with Gasteiger partial charge in [0.15, 0.2) is 0 Å². The molecule has 0 aliphatic rings. The van der Waals surface area contributed by atoms with E-state index in [1.807, 2.05) is 6.07 Å². The second-order valence-electron chi connectivity index (χ2n) is 3.99. The van der Waals surface area contributed by atoms with E-state index in [0.29, 0.717) is 6.54 Å². The Labute approximate surface area is 92.4 Å². The van der Waals surface area contributed by atoms with E-state index in [1.54, 1.807) is 0 Å². The monoisotopic (exact) mass is 207 g/mol. The summed E-state index contributed by atoms with van der Waals surface area (Å²) in [4.78, 5) is 0. The van der Waals surface area contributed by atoms with Gasteiger partial charge in [-0.2, -0.15) is 0 Å². The van der Waals surface area contributed by atoms with Crippen LogP contribution in [0.2, 0.25) is 0 Å². The molecule has 0 aliphatic carbocycles. The van der Waals surface area contributed by atoms with E-state index < -0.39 is 0 Å². The Kier molecular flexibility index (Phi) is 4.79. The number of ether oxygens (including phenoxy) is 1. The van der Waals surface area contributed by atoms with E-state index in [1.165, 1.54) is 11.1 Å². The molecule has 0 spiro atoms. The lowest BCUT2D eigenvalue weighted by Gasteiger charge is -2.21. The minimum absolute atomic E-state index is 0.0276. The fourth-order valence-electron chi connectivity index (χ4n) is 1.52. The van der Waals surface area contributed by atoms with Gasteiger partial charge in [-0.15, -0.1) is 0 Å². The lowest BCUT2D eigenvalue weighted by Crippen LogP contribution is -2.20. The van der Waals surface area contributed by atoms with Crippen LogP contribution in [0.3, 0.4) is 0 Å². The zero-order valence-electron chi connectivity index (χ0n) is 9.86. The van der Waals surface area contributed by atoms with Crippen LogP contribution in [-0.4, -0.2) is 12.6 Å². The number of nitrogens with two attached hydrogens (primary N) is 1. The van der Waals surface area contributed by atoms with Gasteiger partial charge in [0, 0.05) is 6.54 Å². The number of hydrogen-bond acceptors (Lipinski definition) is 2. The third kappa shape index (κ3) is 3.65. The van der Waals surface area contributed by atoms with Crippen molar-refractivity contribution < 1.29 is 4.74 Å². The average molecular weight is 207 g/mol. The summed E-state index contributed by atoms with van der Waals surface area (Å²) in [5.74, 6) is 0. The molecule has 0 aliphatic heterocycles. The average Bonchev–Trinajstić information content (AvgIpc) is 2.25. The third-order valence-electron chi connectivity index (χ3n) is 2.60. The molecule has 0 saturated carbocycles. The minimum Gasteiger partial charge on any atom is -0.369 e. The molecule has 0 radical (unpaired) electrons. The van der Waals surface area contributed by atoms with E-state index >= 15 is 0 Å². The molecule has 1 aromatic rings. The smallest absolute Gasteiger partial charge is 0.0950 e. The number of hydrogen-bond donors (Lipinski definition) is 1. The second-order valence-corrected chi connectivity index (χ2v) is 3.99. The normalized spacial score (nSPS) is 14.9. The van der Waals surface area contributed by atoms with Crippen LogP contribution in [0.5, 0.6) is 0 Å². The maximum absolute atomic E-state index is 5.86. The first kappa shape index (κ1) is 12.2. The van der Waals surface area contributed by atoms with Gasteiger partial charge in [0.25, 0.3) is 0 Å². The Bertz CT molecular complexity index is 298. The van der Waals surface area contributed by atoms with Gasteiger partial charge in [-0.25, -0.2) is 0 Å². The lowest BCUT2D eigenvalue weighted by molar-refractivity contribution is -0.0000509. The molecule has 2 nitrogen and oxygen atoms in total. The Balaban J connectivity index is 2.73. The second kappa shape index (κ2) is 5.89. The fraction of sp³-hybridized carbons (Fsp3) is 0.538. The summed E-state index contributed by atoms with van der Waals surface area (Å²) < 4.78 is 5.86. The maximum atomic E-state index is 5.86. The van der Waals surface area contributed by atoms with Gasteiger partial charge in [0.05, 0.1) is 12.2 Å². The van der Waals surface area contributed by atoms with Gasteiger partial charge < -0.3 is 10.5 Å². The molecular weight excluding hydrogens is 186 g/mol. The van der Waals surface area contributed by atoms with Crippen molar-refractivity contribution in [2.75, 3.05) is 6.54 Å². The van der Waals surface area contributed by atoms with Crippen molar-refractivity contribution in [3.63, 3.8) is 0 Å². The maximum Gasteiger partial charge on any atom is 0.0950 e. The minimum atomic E-state index is 0.0276. The predicted octanol–water partition coefficient (Wildman–Crippen LogP) is 2.81. The summed E-state index contributed by atoms with van der Waals surface area (Å²) in [7, 11) is 0. The van der Waals surface area contributed by atoms with Gasteiger partial charge in [0.1, 0.15) is 0 Å². The molecular formula is C13H21NO. The molecule has 2 atom stereocenters. The predicted molar refractivity (Wildman–Crippen MR) is 63.8 cm³/mol. The van der Waals surface area contributed by atoms with Crippen LogP contribution in [0.15, 0.2) is 24.3 Å². The van der Waals surface area contributed by atoms with E-state index in [2.05, 4.69) is 39.0 Å². The van der Waals surface area contributed by atoms with E-state index in [4.69, 9.17) is 10.5 Å². The standard InChI is InChI=1S/C13H21NO/c1-4-11(3)15-13(9-14)12-7-5-6-10(2)8-12/h5-8,11,13H,4,9,14H2,1-3H3. The van der Waals surface area contributed by atoms with Crippen molar-refractivity contribution in [2.24, 2.45) is 5.73 Å². The molecule has 1 rings (SSSR count). The molecule has 0 bridgehead atoms. The Morgan fingerprint density at radius 1 is 1.40 bits per heavy atom. The van der Waals surface area contributed by atoms with Gasteiger partial charge in [-0.3, -0.25) is 0 Å². The number of aryl methyl sites for hydroxylation is 1. The van der Waals surface area contributed by atoms with Crippen LogP contribution in [0.4, 0.5) is 0 Å². The Morgan fingerprint density at radius 3 is 2.67 bits per heavy atom. The Hall–Kier alpha value is -0.860. The van der Waals surface area contributed by atoms with E-state index in [9.17, 15) is 0 Å². The van der Waals surface area contributed by atoms with Crippen LogP contribution in [0, 0.1) is 6.92 Å². The van der Waals surface area contributed by atoms with Crippen molar-refractivity contribution >= 4 is 0 Å². The summed E-state index contributed by atoms with van der Waals surface area (Å²) in [5, 5.41) is 0. The first-order valence-corrected chi connectivity index (χ1v) is 5.59. The van der Waals surface area contributed by atoms with Crippen molar-refractivity contribution in [2.45, 2.75) is 39.4 Å². The molecule has 2 heteroatoms. The van der Waals surface area contributed by atoms with Gasteiger partial charge >= 0.3 is 0 Å². The first-order valence-electron chi connectivity index (χ1n) is 5.59. The van der Waals surface area contributed by atoms with E-state index in [0.717, 1.165) is 6.42 Å². The summed E-state index contributed by atoms with van der Waals surface area (Å²) in [6.07, 6.45) is 1.31. The molecule has 0 amide bonds. The molecule has 0 aromatic heterocycles.